The number of hydrogen-bond acceptors (Lipinski definition) is 17. The summed E-state index contributed by atoms with van der Waals surface area (Å²) in [7, 11) is -15.0. The molecule has 0 atom stereocenters. The molecule has 0 aliphatic heterocycles. The summed E-state index contributed by atoms with van der Waals surface area (Å²) in [5.41, 5.74) is -1.16. The van der Waals surface area contributed by atoms with Crippen LogP contribution in [-0.2, 0) is 48.6 Å². The minimum atomic E-state index is -5.19. The molecule has 0 spiro atoms. The maximum Gasteiger partial charge on any atom is 1.00 e. The first-order valence-corrected chi connectivity index (χ1v) is 18.6. The molecular formula is C28H21N4Na3O15S4. The van der Waals surface area contributed by atoms with E-state index in [1.165, 1.54) is 48.5 Å². The number of rotatable bonds is 13. The van der Waals surface area contributed by atoms with Crippen LogP contribution in [0.15, 0.2) is 96.6 Å². The Morgan fingerprint density at radius 1 is 0.889 bits per heavy atom. The van der Waals surface area contributed by atoms with Gasteiger partial charge in [-0.25, -0.2) is 12.6 Å². The second-order valence-electron chi connectivity index (χ2n) is 9.93. The monoisotopic (exact) mass is 850 g/mol. The van der Waals surface area contributed by atoms with E-state index in [9.17, 15) is 54.2 Å². The van der Waals surface area contributed by atoms with Crippen molar-refractivity contribution < 1.29 is 156 Å². The van der Waals surface area contributed by atoms with Crippen LogP contribution in [0.2, 0.25) is 0 Å². The van der Waals surface area contributed by atoms with E-state index in [2.05, 4.69) is 24.7 Å². The van der Waals surface area contributed by atoms with Crippen molar-refractivity contribution in [1.29, 1.82) is 0 Å². The fourth-order valence-corrected chi connectivity index (χ4v) is 6.16. The number of aliphatic imine (C=N–C) groups is 1. The van der Waals surface area contributed by atoms with E-state index in [1.54, 1.807) is 0 Å². The van der Waals surface area contributed by atoms with Crippen molar-refractivity contribution in [2.24, 2.45) is 15.2 Å². The van der Waals surface area contributed by atoms with Crippen LogP contribution in [0.4, 0.5) is 22.7 Å². The summed E-state index contributed by atoms with van der Waals surface area (Å²) < 4.78 is 108. The molecule has 4 aromatic carbocycles. The van der Waals surface area contributed by atoms with Crippen LogP contribution < -0.4 is 104 Å². The second-order valence-corrected chi connectivity index (χ2v) is 14.6. The van der Waals surface area contributed by atoms with Gasteiger partial charge in [0.1, 0.15) is 15.0 Å². The molecule has 0 bridgehead atoms. The molecule has 0 aromatic heterocycles. The molecule has 0 aliphatic rings. The fraction of sp³-hybridized carbons (Fsp3) is 0.107. The van der Waals surface area contributed by atoms with Crippen LogP contribution in [0.5, 0.6) is 5.75 Å². The zero-order chi connectivity index (χ0) is 37.7. The average Bonchev–Trinajstić information content (AvgIpc) is 3.01. The molecule has 3 N–H and O–H groups in total. The maximum atomic E-state index is 13.4. The van der Waals surface area contributed by atoms with Crippen LogP contribution in [0.1, 0.15) is 18.9 Å². The normalized spacial score (nSPS) is 12.0. The number of amides is 1. The van der Waals surface area contributed by atoms with E-state index < -0.39 is 99.1 Å². The van der Waals surface area contributed by atoms with Crippen LogP contribution in [0.3, 0.4) is 0 Å². The fourth-order valence-electron chi connectivity index (χ4n) is 4.10. The summed E-state index contributed by atoms with van der Waals surface area (Å²) >= 11 is 0.596. The Bertz CT molecular complexity index is 2430. The predicted octanol–water partition coefficient (Wildman–Crippen LogP) is -6.35. The Balaban J connectivity index is 0.00000486. The van der Waals surface area contributed by atoms with Crippen LogP contribution in [-0.4, -0.2) is 63.3 Å². The van der Waals surface area contributed by atoms with Gasteiger partial charge in [-0.15, -0.1) is 5.11 Å². The third-order valence-corrected chi connectivity index (χ3v) is 9.04. The Morgan fingerprint density at radius 3 is 2.11 bits per heavy atom. The van der Waals surface area contributed by atoms with Gasteiger partial charge < -0.3 is 24.3 Å². The van der Waals surface area contributed by atoms with Crippen LogP contribution in [0, 0.1) is 0 Å². The zero-order valence-corrected chi connectivity index (χ0v) is 37.7. The van der Waals surface area contributed by atoms with Gasteiger partial charge in [-0.1, -0.05) is 23.9 Å². The van der Waals surface area contributed by atoms with Gasteiger partial charge >= 0.3 is 105 Å². The van der Waals surface area contributed by atoms with Crippen molar-refractivity contribution in [3.05, 3.63) is 72.3 Å². The van der Waals surface area contributed by atoms with Gasteiger partial charge in [0.25, 0.3) is 10.1 Å². The minimum Gasteiger partial charge on any atom is -0.870 e. The molecule has 4 rings (SSSR count). The number of nitrogens with zero attached hydrogens (tertiary/aromatic N) is 3. The van der Waals surface area contributed by atoms with Crippen molar-refractivity contribution in [3.63, 3.8) is 0 Å². The van der Waals surface area contributed by atoms with E-state index >= 15 is 0 Å². The van der Waals surface area contributed by atoms with Crippen LogP contribution in [0.25, 0.3) is 10.8 Å². The molecule has 0 aliphatic carbocycles. The quantitative estimate of drug-likeness (QED) is 0.0281. The molecule has 270 valence electrons. The molecule has 0 unspecified atom stereocenters. The van der Waals surface area contributed by atoms with Gasteiger partial charge in [-0.3, -0.25) is 23.7 Å². The molecule has 0 saturated carbocycles. The minimum absolute atomic E-state index is 0. The number of fused-ring (bicyclic) bond motifs is 1. The van der Waals surface area contributed by atoms with Gasteiger partial charge in [0.2, 0.25) is 5.91 Å². The first-order valence-electron chi connectivity index (χ1n) is 13.6. The molecule has 0 fully saturated rings. The number of azo groups is 1. The Hall–Kier alpha value is -2.01. The summed E-state index contributed by atoms with van der Waals surface area (Å²) in [4.78, 5) is 25.8. The predicted molar refractivity (Wildman–Crippen MR) is 173 cm³/mol. The first-order chi connectivity index (χ1) is 23.7. The number of benzene rings is 4. The summed E-state index contributed by atoms with van der Waals surface area (Å²) in [6, 6.07) is 13.1. The number of nitrogens with one attached hydrogen (secondary N) is 1. The molecular weight excluding hydrogens is 830 g/mol. The molecule has 4 aromatic rings. The number of carbonyl (C=O) groups is 2. The van der Waals surface area contributed by atoms with Crippen LogP contribution >= 0.6 is 12.0 Å². The molecule has 0 heterocycles. The molecule has 0 radical (unpaired) electrons. The molecule has 0 saturated heterocycles. The van der Waals surface area contributed by atoms with Crippen molar-refractivity contribution in [2.75, 3.05) is 11.9 Å². The molecule has 54 heavy (non-hydrogen) atoms. The topological polar surface area (TPSA) is 314 Å². The van der Waals surface area contributed by atoms with E-state index in [4.69, 9.17) is 8.74 Å². The summed E-state index contributed by atoms with van der Waals surface area (Å²) in [6.45, 7) is 0.387. The van der Waals surface area contributed by atoms with E-state index in [0.717, 1.165) is 6.92 Å². The van der Waals surface area contributed by atoms with Crippen molar-refractivity contribution in [3.8, 4) is 5.75 Å². The van der Waals surface area contributed by atoms with E-state index in [1.807, 2.05) is 0 Å². The Labute approximate surface area is 378 Å². The standard InChI is InChI=1S/C28H24N4O15S4.3Na/c1-15(33)29-22-14-21(49(37,38)39)11-17-12-23(50(40,41)42)26(27(35)25(17)22)32-31-18-7-5-16(6-8-18)28(36)30-19-3-2-4-20(13-19)48-47-24(34)9-10-46-51(43,44)45;;;/h2-8,11-14,35H,9-10H2,1H3,(H,29,33)(H,30,36)(H,37,38,39)(H,40,41,42)(H,43,44,45);;;/q;3*+1/p-3. The van der Waals surface area contributed by atoms with Crippen molar-refractivity contribution in [2.45, 2.75) is 28.0 Å². The summed E-state index contributed by atoms with van der Waals surface area (Å²) in [5.74, 6) is -3.55. The smallest absolute Gasteiger partial charge is 0.870 e. The van der Waals surface area contributed by atoms with Gasteiger partial charge in [0.15, 0.2) is 0 Å². The molecule has 1 amide bonds. The molecule has 26 heteroatoms. The van der Waals surface area contributed by atoms with Gasteiger partial charge in [-0.2, -0.15) is 21.9 Å². The van der Waals surface area contributed by atoms with Crippen molar-refractivity contribution >= 4 is 94.0 Å². The Morgan fingerprint density at radius 2 is 1.54 bits per heavy atom. The summed E-state index contributed by atoms with van der Waals surface area (Å²) in [5, 5.41) is 35.1. The summed E-state index contributed by atoms with van der Waals surface area (Å²) in [6.07, 6.45) is -0.481. The average molecular weight is 851 g/mol. The van der Waals surface area contributed by atoms with Gasteiger partial charge in [0.05, 0.1) is 51.9 Å². The third kappa shape index (κ3) is 14.5. The Kier molecular flexibility index (Phi) is 19.4. The maximum absolute atomic E-state index is 13.4. The number of hydrogen-bond donors (Lipinski definition) is 3. The van der Waals surface area contributed by atoms with Gasteiger partial charge in [0, 0.05) is 12.6 Å². The van der Waals surface area contributed by atoms with E-state index in [0.29, 0.717) is 35.1 Å². The number of carbonyl (C=O) groups excluding carboxylic acids is 2. The second kappa shape index (κ2) is 20.9. The molecule has 19 nitrogen and oxygen atoms in total. The number of anilines is 1. The SMILES string of the molecule is CC(=O)Nc1cc(S(=O)(=O)[O-])cc2cc(S(=O)(=O)O)c(N=Nc3ccc(C([O-])=Nc4cccc(SOC(=O)CCOS(=O)(=O)O)c4)cc3)c([O-])c12.[Na+].[Na+].[Na+]. The third-order valence-electron chi connectivity index (χ3n) is 6.18. The first kappa shape index (κ1) is 50.0. The van der Waals surface area contributed by atoms with Gasteiger partial charge in [-0.05, 0) is 70.8 Å². The largest absolute Gasteiger partial charge is 1.00 e. The zero-order valence-electron chi connectivity index (χ0n) is 28.4. The van der Waals surface area contributed by atoms with E-state index in [-0.39, 0.29) is 106 Å². The van der Waals surface area contributed by atoms with Crippen molar-refractivity contribution in [1.82, 2.24) is 0 Å².